The van der Waals surface area contributed by atoms with Gasteiger partial charge in [0.1, 0.15) is 11.7 Å². The Morgan fingerprint density at radius 3 is 2.00 bits per heavy atom. The van der Waals surface area contributed by atoms with E-state index >= 15 is 0 Å². The summed E-state index contributed by atoms with van der Waals surface area (Å²) < 4.78 is 0. The monoisotopic (exact) mass is 194 g/mol. The zero-order valence-corrected chi connectivity index (χ0v) is 7.88. The van der Waals surface area contributed by atoms with Crippen LogP contribution in [-0.2, 0) is 0 Å². The lowest BCUT2D eigenvalue weighted by atomic mass is 9.89. The zero-order chi connectivity index (χ0) is 10.6. The molecule has 80 valence electrons. The van der Waals surface area contributed by atoms with Crippen molar-refractivity contribution in [3.8, 4) is 0 Å². The second-order valence-electron chi connectivity index (χ2n) is 3.43. The molecule has 0 bridgehead atoms. The van der Waals surface area contributed by atoms with E-state index in [1.807, 2.05) is 0 Å². The van der Waals surface area contributed by atoms with Crippen molar-refractivity contribution in [1.82, 2.24) is 0 Å². The largest absolute Gasteiger partial charge is 0.396 e. The fraction of sp³-hybridized carbons (Fsp3) is 1.00. The van der Waals surface area contributed by atoms with E-state index in [1.54, 1.807) is 0 Å². The summed E-state index contributed by atoms with van der Waals surface area (Å²) in [6.07, 6.45) is -3.91. The van der Waals surface area contributed by atoms with Gasteiger partial charge in [-0.15, -0.1) is 0 Å². The first-order valence-corrected chi connectivity index (χ1v) is 4.21. The molecule has 0 heterocycles. The molecule has 0 aromatic rings. The summed E-state index contributed by atoms with van der Waals surface area (Å²) in [5, 5.41) is 45.7. The lowest BCUT2D eigenvalue weighted by Crippen LogP contribution is -2.53. The van der Waals surface area contributed by atoms with Crippen molar-refractivity contribution >= 4 is 0 Å². The van der Waals surface area contributed by atoms with Crippen LogP contribution in [0, 0.1) is 0 Å². The predicted molar refractivity (Wildman–Crippen MR) is 46.0 cm³/mol. The van der Waals surface area contributed by atoms with Crippen molar-refractivity contribution in [1.29, 1.82) is 0 Å². The predicted octanol–water partition coefficient (Wildman–Crippen LogP) is -1.78. The van der Waals surface area contributed by atoms with Gasteiger partial charge < -0.3 is 25.5 Å². The molecule has 0 saturated carbocycles. The summed E-state index contributed by atoms with van der Waals surface area (Å²) in [5.74, 6) is 0. The maximum Gasteiger partial charge on any atom is 0.116 e. The van der Waals surface area contributed by atoms with Crippen molar-refractivity contribution in [2.75, 3.05) is 6.61 Å². The summed E-state index contributed by atoms with van der Waals surface area (Å²) in [6.45, 7) is 2.26. The van der Waals surface area contributed by atoms with E-state index < -0.39 is 23.9 Å². The molecule has 5 nitrogen and oxygen atoms in total. The first-order valence-electron chi connectivity index (χ1n) is 4.21. The number of rotatable bonds is 5. The Morgan fingerprint density at radius 2 is 1.69 bits per heavy atom. The van der Waals surface area contributed by atoms with Crippen molar-refractivity contribution in [3.63, 3.8) is 0 Å². The maximum absolute atomic E-state index is 9.52. The zero-order valence-electron chi connectivity index (χ0n) is 7.88. The molecule has 0 aromatic carbocycles. The number of aliphatic hydroxyl groups is 5. The Morgan fingerprint density at radius 1 is 1.23 bits per heavy atom. The highest BCUT2D eigenvalue weighted by Crippen LogP contribution is 2.19. The molecule has 0 saturated heterocycles. The molecule has 0 rings (SSSR count). The molecular formula is C8H18O5. The van der Waals surface area contributed by atoms with Gasteiger partial charge in [-0.05, 0) is 20.3 Å². The number of hydrogen-bond donors (Lipinski definition) is 5. The van der Waals surface area contributed by atoms with Crippen molar-refractivity contribution in [2.24, 2.45) is 0 Å². The Kier molecular flexibility index (Phi) is 4.80. The molecule has 0 radical (unpaired) electrons. The van der Waals surface area contributed by atoms with Gasteiger partial charge in [-0.3, -0.25) is 0 Å². The highest BCUT2D eigenvalue weighted by molar-refractivity contribution is 4.90. The standard InChI is InChI=1S/C8H18O5/c1-5(10)8(2,13)7(12)6(11)3-4-9/h5-7,9-13H,3-4H2,1-2H3/t5-,6-,7?,8?/m1/s1. The van der Waals surface area contributed by atoms with E-state index in [0.29, 0.717) is 0 Å². The topological polar surface area (TPSA) is 101 Å². The molecule has 0 aromatic heterocycles. The van der Waals surface area contributed by atoms with Crippen LogP contribution in [0.4, 0.5) is 0 Å². The van der Waals surface area contributed by atoms with Gasteiger partial charge in [0.05, 0.1) is 12.2 Å². The van der Waals surface area contributed by atoms with Crippen LogP contribution in [-0.4, -0.2) is 56.1 Å². The quantitative estimate of drug-likeness (QED) is 0.356. The molecule has 0 aliphatic heterocycles. The fourth-order valence-electron chi connectivity index (χ4n) is 0.927. The Bertz CT molecular complexity index is 145. The maximum atomic E-state index is 9.52. The minimum Gasteiger partial charge on any atom is -0.396 e. The third kappa shape index (κ3) is 3.21. The van der Waals surface area contributed by atoms with Crippen LogP contribution in [0.25, 0.3) is 0 Å². The van der Waals surface area contributed by atoms with Gasteiger partial charge in [0.15, 0.2) is 0 Å². The average molecular weight is 194 g/mol. The van der Waals surface area contributed by atoms with Crippen molar-refractivity contribution in [2.45, 2.75) is 44.2 Å². The van der Waals surface area contributed by atoms with Crippen LogP contribution in [0.15, 0.2) is 0 Å². The van der Waals surface area contributed by atoms with Gasteiger partial charge in [-0.1, -0.05) is 0 Å². The second-order valence-corrected chi connectivity index (χ2v) is 3.43. The third-order valence-corrected chi connectivity index (χ3v) is 2.23. The smallest absolute Gasteiger partial charge is 0.116 e. The van der Waals surface area contributed by atoms with E-state index in [-0.39, 0.29) is 13.0 Å². The molecule has 2 unspecified atom stereocenters. The van der Waals surface area contributed by atoms with Crippen LogP contribution in [0.3, 0.4) is 0 Å². The number of hydrogen-bond acceptors (Lipinski definition) is 5. The summed E-state index contributed by atoms with van der Waals surface area (Å²) in [7, 11) is 0. The molecule has 4 atom stereocenters. The fourth-order valence-corrected chi connectivity index (χ4v) is 0.927. The molecule has 5 heteroatoms. The third-order valence-electron chi connectivity index (χ3n) is 2.23. The molecule has 5 N–H and O–H groups in total. The van der Waals surface area contributed by atoms with Gasteiger partial charge in [0, 0.05) is 6.61 Å². The first-order chi connectivity index (χ1) is 5.84. The van der Waals surface area contributed by atoms with Crippen molar-refractivity contribution < 1.29 is 25.5 Å². The van der Waals surface area contributed by atoms with Crippen LogP contribution < -0.4 is 0 Å². The van der Waals surface area contributed by atoms with Gasteiger partial charge in [0.25, 0.3) is 0 Å². The highest BCUT2D eigenvalue weighted by atomic mass is 16.4. The molecule has 0 spiro atoms. The summed E-state index contributed by atoms with van der Waals surface area (Å²) in [6, 6.07) is 0. The van der Waals surface area contributed by atoms with Gasteiger partial charge in [0.2, 0.25) is 0 Å². The lowest BCUT2D eigenvalue weighted by Gasteiger charge is -2.34. The minimum atomic E-state index is -1.77. The molecular weight excluding hydrogens is 176 g/mol. The van der Waals surface area contributed by atoms with Gasteiger partial charge in [-0.2, -0.15) is 0 Å². The average Bonchev–Trinajstić information content (AvgIpc) is 2.03. The highest BCUT2D eigenvalue weighted by Gasteiger charge is 2.39. The molecule has 0 amide bonds. The van der Waals surface area contributed by atoms with E-state index in [1.165, 1.54) is 13.8 Å². The molecule has 0 fully saturated rings. The molecule has 0 aliphatic rings. The van der Waals surface area contributed by atoms with Gasteiger partial charge in [-0.25, -0.2) is 0 Å². The molecule has 0 aliphatic carbocycles. The second kappa shape index (κ2) is 4.88. The summed E-state index contributed by atoms with van der Waals surface area (Å²) in [4.78, 5) is 0. The van der Waals surface area contributed by atoms with Crippen LogP contribution in [0.1, 0.15) is 20.3 Å². The number of aliphatic hydroxyl groups excluding tert-OH is 4. The Balaban J connectivity index is 4.30. The van der Waals surface area contributed by atoms with Crippen LogP contribution >= 0.6 is 0 Å². The van der Waals surface area contributed by atoms with Crippen molar-refractivity contribution in [3.05, 3.63) is 0 Å². The van der Waals surface area contributed by atoms with Gasteiger partial charge >= 0.3 is 0 Å². The summed E-state index contributed by atoms with van der Waals surface area (Å²) >= 11 is 0. The lowest BCUT2D eigenvalue weighted by molar-refractivity contribution is -0.164. The van der Waals surface area contributed by atoms with E-state index in [9.17, 15) is 15.3 Å². The molecule has 13 heavy (non-hydrogen) atoms. The van der Waals surface area contributed by atoms with E-state index in [2.05, 4.69) is 0 Å². The minimum absolute atomic E-state index is 0.0377. The van der Waals surface area contributed by atoms with E-state index in [0.717, 1.165) is 0 Å². The van der Waals surface area contributed by atoms with Crippen LogP contribution in [0.5, 0.6) is 0 Å². The summed E-state index contributed by atoms with van der Waals surface area (Å²) in [5.41, 5.74) is -1.77. The SMILES string of the molecule is C[C@@H](O)C(C)(O)C(O)[C@H](O)CCO. The normalized spacial score (nSPS) is 23.3. The van der Waals surface area contributed by atoms with Crippen LogP contribution in [0.2, 0.25) is 0 Å². The van der Waals surface area contributed by atoms with E-state index in [4.69, 9.17) is 10.2 Å². The first kappa shape index (κ1) is 12.8. The Hall–Kier alpha value is -0.200. The Labute approximate surface area is 77.3 Å².